The van der Waals surface area contributed by atoms with Crippen LogP contribution in [0.3, 0.4) is 0 Å². The molecule has 3 fully saturated rings. The first-order valence-corrected chi connectivity index (χ1v) is 12.6. The lowest BCUT2D eigenvalue weighted by atomic mass is 9.80. The highest BCUT2D eigenvalue weighted by Crippen LogP contribution is 2.51. The molecule has 1 aliphatic carbocycles. The molecule has 2 saturated heterocycles. The Labute approximate surface area is 201 Å². The van der Waals surface area contributed by atoms with Crippen molar-refractivity contribution in [2.45, 2.75) is 65.5 Å². The van der Waals surface area contributed by atoms with Gasteiger partial charge in [-0.2, -0.15) is 5.10 Å². The summed E-state index contributed by atoms with van der Waals surface area (Å²) in [5, 5.41) is 4.37. The number of carbonyl (C=O) groups is 1. The molecule has 6 heteroatoms. The van der Waals surface area contributed by atoms with Crippen molar-refractivity contribution in [2.24, 2.45) is 12.5 Å². The lowest BCUT2D eigenvalue weighted by Gasteiger charge is -2.27. The van der Waals surface area contributed by atoms with E-state index in [0.29, 0.717) is 11.6 Å². The number of amides is 1. The molecular formula is C28H35FN4O. The predicted octanol–water partition coefficient (Wildman–Crippen LogP) is 5.36. The number of hydrogen-bond donors (Lipinski definition) is 0. The smallest absolute Gasteiger partial charge is 0.239 e. The second kappa shape index (κ2) is 8.81. The number of rotatable bonds is 4. The molecule has 34 heavy (non-hydrogen) atoms. The lowest BCUT2D eigenvalue weighted by Crippen LogP contribution is -2.39. The van der Waals surface area contributed by atoms with Crippen LogP contribution in [0.4, 0.5) is 4.39 Å². The van der Waals surface area contributed by atoms with E-state index in [1.807, 2.05) is 57.1 Å². The van der Waals surface area contributed by atoms with Crippen LogP contribution >= 0.6 is 0 Å². The highest BCUT2D eigenvalue weighted by atomic mass is 19.1. The van der Waals surface area contributed by atoms with Gasteiger partial charge in [-0.15, -0.1) is 0 Å². The van der Waals surface area contributed by atoms with Gasteiger partial charge in [-0.1, -0.05) is 37.1 Å². The Bertz CT molecular complexity index is 1170. The summed E-state index contributed by atoms with van der Waals surface area (Å²) < 4.78 is 17.0. The van der Waals surface area contributed by atoms with Crippen LogP contribution in [0, 0.1) is 18.2 Å². The highest BCUT2D eigenvalue weighted by molar-refractivity contribution is 5.94. The molecule has 1 amide bonds. The van der Waals surface area contributed by atoms with Crippen LogP contribution in [0.5, 0.6) is 0 Å². The first-order valence-electron chi connectivity index (χ1n) is 12.6. The average molecular weight is 463 g/mol. The molecule has 2 aromatic rings. The zero-order chi connectivity index (χ0) is 24.0. The highest BCUT2D eigenvalue weighted by Gasteiger charge is 2.56. The number of halogens is 1. The van der Waals surface area contributed by atoms with Gasteiger partial charge in [-0.25, -0.2) is 4.39 Å². The van der Waals surface area contributed by atoms with E-state index in [0.717, 1.165) is 47.6 Å². The van der Waals surface area contributed by atoms with Gasteiger partial charge in [0, 0.05) is 42.7 Å². The van der Waals surface area contributed by atoms with Gasteiger partial charge in [0.05, 0.1) is 17.7 Å². The predicted molar refractivity (Wildman–Crippen MR) is 132 cm³/mol. The SMILES string of the molecule is CC=C1C(=CC)C2(CCN(C3CCCC3)C2)C(=O)N1Cc1ccc(-c2cn(C)nc2C)cc1F. The number of likely N-dealkylation sites (tertiary alicyclic amines) is 2. The Hall–Kier alpha value is -2.73. The van der Waals surface area contributed by atoms with Crippen LogP contribution in [0.1, 0.15) is 57.2 Å². The molecule has 1 atom stereocenters. The number of nitrogens with zero attached hydrogens (tertiary/aromatic N) is 4. The van der Waals surface area contributed by atoms with Crippen molar-refractivity contribution in [3.63, 3.8) is 0 Å². The van der Waals surface area contributed by atoms with E-state index >= 15 is 4.39 Å². The molecule has 2 aliphatic heterocycles. The quantitative estimate of drug-likeness (QED) is 0.614. The van der Waals surface area contributed by atoms with Crippen LogP contribution < -0.4 is 0 Å². The summed E-state index contributed by atoms with van der Waals surface area (Å²) in [4.78, 5) is 18.3. The third-order valence-corrected chi connectivity index (χ3v) is 8.14. The number of carbonyl (C=O) groups excluding carboxylic acids is 1. The van der Waals surface area contributed by atoms with Crippen LogP contribution in [0.15, 0.2) is 47.8 Å². The van der Waals surface area contributed by atoms with Gasteiger partial charge in [0.25, 0.3) is 0 Å². The summed E-state index contributed by atoms with van der Waals surface area (Å²) in [5.41, 5.74) is 4.69. The number of aromatic nitrogens is 2. The molecule has 1 saturated carbocycles. The minimum Gasteiger partial charge on any atom is -0.307 e. The van der Waals surface area contributed by atoms with Crippen LogP contribution in [-0.2, 0) is 18.4 Å². The van der Waals surface area contributed by atoms with Gasteiger partial charge in [0.1, 0.15) is 5.82 Å². The maximum Gasteiger partial charge on any atom is 0.239 e. The van der Waals surface area contributed by atoms with Crippen molar-refractivity contribution < 1.29 is 9.18 Å². The number of benzene rings is 1. The lowest BCUT2D eigenvalue weighted by molar-refractivity contribution is -0.134. The third-order valence-electron chi connectivity index (χ3n) is 8.14. The summed E-state index contributed by atoms with van der Waals surface area (Å²) in [7, 11) is 1.87. The van der Waals surface area contributed by atoms with Crippen molar-refractivity contribution in [1.82, 2.24) is 19.6 Å². The summed E-state index contributed by atoms with van der Waals surface area (Å²) in [6.45, 7) is 7.93. The van der Waals surface area contributed by atoms with Gasteiger partial charge in [-0.3, -0.25) is 14.4 Å². The zero-order valence-corrected chi connectivity index (χ0v) is 20.8. The van der Waals surface area contributed by atoms with Crippen molar-refractivity contribution in [3.05, 3.63) is 64.9 Å². The van der Waals surface area contributed by atoms with E-state index < -0.39 is 5.41 Å². The first kappa shape index (κ1) is 23.0. The average Bonchev–Trinajstić information content (AvgIpc) is 3.59. The molecule has 5 nitrogen and oxygen atoms in total. The maximum absolute atomic E-state index is 15.3. The first-order chi connectivity index (χ1) is 16.4. The zero-order valence-electron chi connectivity index (χ0n) is 20.8. The Balaban J connectivity index is 1.43. The van der Waals surface area contributed by atoms with E-state index in [1.165, 1.54) is 25.7 Å². The Morgan fingerprint density at radius 2 is 1.97 bits per heavy atom. The van der Waals surface area contributed by atoms with Crippen molar-refractivity contribution >= 4 is 5.91 Å². The Morgan fingerprint density at radius 1 is 1.21 bits per heavy atom. The van der Waals surface area contributed by atoms with Crippen LogP contribution in [0.2, 0.25) is 0 Å². The van der Waals surface area contributed by atoms with Gasteiger partial charge < -0.3 is 4.90 Å². The third kappa shape index (κ3) is 3.63. The van der Waals surface area contributed by atoms with E-state index in [4.69, 9.17) is 0 Å². The summed E-state index contributed by atoms with van der Waals surface area (Å²) >= 11 is 0. The monoisotopic (exact) mass is 462 g/mol. The van der Waals surface area contributed by atoms with Crippen LogP contribution in [-0.4, -0.2) is 44.6 Å². The molecule has 180 valence electrons. The second-order valence-electron chi connectivity index (χ2n) is 10.1. The molecule has 3 heterocycles. The minimum atomic E-state index is -0.498. The molecule has 5 rings (SSSR count). The number of aryl methyl sites for hydroxylation is 2. The van der Waals surface area contributed by atoms with Gasteiger partial charge in [0.15, 0.2) is 0 Å². The fourth-order valence-electron chi connectivity index (χ4n) is 6.48. The Kier molecular flexibility index (Phi) is 5.96. The normalized spacial score (nSPS) is 26.3. The van der Waals surface area contributed by atoms with Crippen molar-refractivity contribution in [3.8, 4) is 11.1 Å². The number of allylic oxidation sites excluding steroid dienone is 3. The topological polar surface area (TPSA) is 41.4 Å². The van der Waals surface area contributed by atoms with Crippen molar-refractivity contribution in [2.75, 3.05) is 13.1 Å². The summed E-state index contributed by atoms with van der Waals surface area (Å²) in [5.74, 6) is -0.160. The standard InChI is InChI=1S/C28H35FN4O/c1-5-24-26(6-2)33(27(34)28(24)13-14-32(18-28)22-9-7-8-10-22)16-21-12-11-20(15-25(21)29)23-17-31(4)30-19(23)3/h5-6,11-12,15,17,22H,7-10,13-14,16,18H2,1-4H3. The van der Waals surface area contributed by atoms with Gasteiger partial charge >= 0.3 is 0 Å². The molecule has 1 aromatic heterocycles. The molecule has 0 bridgehead atoms. The molecule has 0 radical (unpaired) electrons. The van der Waals surface area contributed by atoms with Gasteiger partial charge in [0.2, 0.25) is 5.91 Å². The Morgan fingerprint density at radius 3 is 2.59 bits per heavy atom. The van der Waals surface area contributed by atoms with Gasteiger partial charge in [-0.05, 0) is 63.8 Å². The van der Waals surface area contributed by atoms with E-state index in [9.17, 15) is 4.79 Å². The molecule has 3 aliphatic rings. The fourth-order valence-corrected chi connectivity index (χ4v) is 6.48. The second-order valence-corrected chi connectivity index (χ2v) is 10.1. The summed E-state index contributed by atoms with van der Waals surface area (Å²) in [6.07, 6.45) is 11.9. The molecule has 1 aromatic carbocycles. The number of hydrogen-bond acceptors (Lipinski definition) is 3. The van der Waals surface area contributed by atoms with Crippen molar-refractivity contribution in [1.29, 1.82) is 0 Å². The molecule has 0 N–H and O–H groups in total. The van der Waals surface area contributed by atoms with E-state index in [-0.39, 0.29) is 18.3 Å². The molecular weight excluding hydrogens is 427 g/mol. The molecule has 1 unspecified atom stereocenters. The maximum atomic E-state index is 15.3. The van der Waals surface area contributed by atoms with Crippen LogP contribution in [0.25, 0.3) is 11.1 Å². The van der Waals surface area contributed by atoms with E-state index in [1.54, 1.807) is 10.7 Å². The summed E-state index contributed by atoms with van der Waals surface area (Å²) in [6, 6.07) is 5.92. The van der Waals surface area contributed by atoms with E-state index in [2.05, 4.69) is 16.1 Å². The largest absolute Gasteiger partial charge is 0.307 e. The minimum absolute atomic E-state index is 0.126. The molecule has 1 spiro atoms. The fraction of sp³-hybridized carbons (Fsp3) is 0.500.